The van der Waals surface area contributed by atoms with Gasteiger partial charge in [-0.2, -0.15) is 0 Å². The molecule has 0 saturated carbocycles. The Morgan fingerprint density at radius 1 is 0.739 bits per heavy atom. The van der Waals surface area contributed by atoms with E-state index in [-0.39, 0.29) is 0 Å². The van der Waals surface area contributed by atoms with Crippen LogP contribution in [-0.2, 0) is 0 Å². The fourth-order valence-corrected chi connectivity index (χ4v) is 3.89. The summed E-state index contributed by atoms with van der Waals surface area (Å²) in [5.74, 6) is 0. The van der Waals surface area contributed by atoms with E-state index in [2.05, 4.69) is 79.1 Å². The van der Waals surface area contributed by atoms with E-state index >= 15 is 0 Å². The van der Waals surface area contributed by atoms with E-state index in [0.717, 1.165) is 10.6 Å². The van der Waals surface area contributed by atoms with Crippen LogP contribution < -0.4 is 5.73 Å². The zero-order valence-corrected chi connectivity index (χ0v) is 13.7. The molecular formula is C21H17NS. The Labute approximate surface area is 140 Å². The first-order valence-electron chi connectivity index (χ1n) is 7.62. The molecule has 0 bridgehead atoms. The molecule has 0 aliphatic heterocycles. The molecule has 0 aliphatic rings. The van der Waals surface area contributed by atoms with Gasteiger partial charge in [-0.1, -0.05) is 60.7 Å². The highest BCUT2D eigenvalue weighted by Gasteiger charge is 2.11. The summed E-state index contributed by atoms with van der Waals surface area (Å²) < 4.78 is 0. The molecule has 4 aromatic carbocycles. The van der Waals surface area contributed by atoms with Crippen LogP contribution >= 0.6 is 11.8 Å². The van der Waals surface area contributed by atoms with Crippen molar-refractivity contribution in [2.45, 2.75) is 4.90 Å². The second-order valence-corrected chi connectivity index (χ2v) is 6.47. The van der Waals surface area contributed by atoms with Crippen molar-refractivity contribution < 1.29 is 0 Å². The summed E-state index contributed by atoms with van der Waals surface area (Å²) in [5, 5.41) is 4.99. The van der Waals surface area contributed by atoms with Gasteiger partial charge in [0.2, 0.25) is 0 Å². The molecule has 2 heteroatoms. The third-order valence-electron chi connectivity index (χ3n) is 4.29. The maximum atomic E-state index is 6.33. The van der Waals surface area contributed by atoms with Gasteiger partial charge in [0.1, 0.15) is 0 Å². The first-order chi connectivity index (χ1) is 11.3. The molecular weight excluding hydrogens is 298 g/mol. The first kappa shape index (κ1) is 14.2. The molecule has 0 amide bonds. The molecule has 0 unspecified atom stereocenters. The van der Waals surface area contributed by atoms with E-state index in [1.165, 1.54) is 32.7 Å². The van der Waals surface area contributed by atoms with Crippen LogP contribution in [0.5, 0.6) is 0 Å². The van der Waals surface area contributed by atoms with Crippen LogP contribution in [0.2, 0.25) is 0 Å². The van der Waals surface area contributed by atoms with Crippen molar-refractivity contribution in [2.75, 3.05) is 12.0 Å². The third-order valence-corrected chi connectivity index (χ3v) is 5.15. The zero-order valence-electron chi connectivity index (χ0n) is 12.9. The lowest BCUT2D eigenvalue weighted by Gasteiger charge is -2.13. The normalized spacial score (nSPS) is 11.2. The third kappa shape index (κ3) is 2.36. The molecule has 1 nitrogen and oxygen atoms in total. The van der Waals surface area contributed by atoms with Crippen molar-refractivity contribution in [3.8, 4) is 11.1 Å². The predicted octanol–water partition coefficient (Wildman–Crippen LogP) is 5.96. The minimum Gasteiger partial charge on any atom is -0.398 e. The molecule has 0 saturated heterocycles. The molecule has 0 heterocycles. The Kier molecular flexibility index (Phi) is 3.47. The van der Waals surface area contributed by atoms with Crippen molar-refractivity contribution in [1.82, 2.24) is 0 Å². The lowest BCUT2D eigenvalue weighted by Crippen LogP contribution is -1.92. The van der Waals surface area contributed by atoms with Gasteiger partial charge in [0.15, 0.2) is 0 Å². The van der Waals surface area contributed by atoms with E-state index in [1.54, 1.807) is 11.8 Å². The Bertz CT molecular complexity index is 1020. The van der Waals surface area contributed by atoms with Crippen molar-refractivity contribution >= 4 is 39.0 Å². The molecule has 112 valence electrons. The Balaban J connectivity index is 2.04. The predicted molar refractivity (Wildman–Crippen MR) is 103 cm³/mol. The molecule has 0 radical (unpaired) electrons. The second kappa shape index (κ2) is 5.64. The van der Waals surface area contributed by atoms with Crippen molar-refractivity contribution in [1.29, 1.82) is 0 Å². The minimum atomic E-state index is 0.847. The van der Waals surface area contributed by atoms with Gasteiger partial charge in [-0.25, -0.2) is 0 Å². The highest BCUT2D eigenvalue weighted by molar-refractivity contribution is 7.99. The van der Waals surface area contributed by atoms with Gasteiger partial charge in [0.05, 0.1) is 0 Å². The summed E-state index contributed by atoms with van der Waals surface area (Å²) in [6.07, 6.45) is 2.08. The lowest BCUT2D eigenvalue weighted by molar-refractivity contribution is 1.53. The molecule has 23 heavy (non-hydrogen) atoms. The standard InChI is InChI=1S/C21H17NS/c1-23-21-18-9-5-4-8-17(18)19(13-20(21)22)16-11-10-14-6-2-3-7-15(14)12-16/h2-13H,22H2,1H3. The van der Waals surface area contributed by atoms with Gasteiger partial charge in [-0.15, -0.1) is 11.8 Å². The molecule has 4 aromatic rings. The summed E-state index contributed by atoms with van der Waals surface area (Å²) >= 11 is 1.71. The molecule has 0 fully saturated rings. The maximum absolute atomic E-state index is 6.33. The SMILES string of the molecule is CSc1c(N)cc(-c2ccc3ccccc3c2)c2ccccc12. The van der Waals surface area contributed by atoms with E-state index in [0.29, 0.717) is 0 Å². The molecule has 0 atom stereocenters. The summed E-state index contributed by atoms with van der Waals surface area (Å²) in [4.78, 5) is 1.16. The number of rotatable bonds is 2. The average Bonchev–Trinajstić information content (AvgIpc) is 2.60. The Morgan fingerprint density at radius 3 is 2.22 bits per heavy atom. The first-order valence-corrected chi connectivity index (χ1v) is 8.85. The number of anilines is 1. The number of nitrogen functional groups attached to an aromatic ring is 1. The highest BCUT2D eigenvalue weighted by atomic mass is 32.2. The topological polar surface area (TPSA) is 26.0 Å². The Morgan fingerprint density at radius 2 is 1.43 bits per heavy atom. The van der Waals surface area contributed by atoms with Gasteiger partial charge in [0, 0.05) is 10.6 Å². The second-order valence-electron chi connectivity index (χ2n) is 5.65. The quantitative estimate of drug-likeness (QED) is 0.364. The van der Waals surface area contributed by atoms with Crippen LogP contribution in [-0.4, -0.2) is 6.26 Å². The molecule has 2 N–H and O–H groups in total. The van der Waals surface area contributed by atoms with Crippen LogP contribution in [0, 0.1) is 0 Å². The Hall–Kier alpha value is -2.45. The molecule has 0 aliphatic carbocycles. The van der Waals surface area contributed by atoms with Crippen LogP contribution in [0.4, 0.5) is 5.69 Å². The molecule has 4 rings (SSSR count). The average molecular weight is 315 g/mol. The van der Waals surface area contributed by atoms with E-state index in [4.69, 9.17) is 5.73 Å². The molecule has 0 aromatic heterocycles. The van der Waals surface area contributed by atoms with E-state index in [1.807, 2.05) is 0 Å². The number of nitrogens with two attached hydrogens (primary N) is 1. The molecule has 0 spiro atoms. The van der Waals surface area contributed by atoms with Crippen LogP contribution in [0.1, 0.15) is 0 Å². The minimum absolute atomic E-state index is 0.847. The van der Waals surface area contributed by atoms with Gasteiger partial charge in [-0.3, -0.25) is 0 Å². The number of benzene rings is 4. The van der Waals surface area contributed by atoms with Crippen molar-refractivity contribution in [3.63, 3.8) is 0 Å². The summed E-state index contributed by atoms with van der Waals surface area (Å²) in [5.41, 5.74) is 9.58. The summed E-state index contributed by atoms with van der Waals surface area (Å²) in [6, 6.07) is 25.7. The lowest BCUT2D eigenvalue weighted by atomic mass is 9.95. The van der Waals surface area contributed by atoms with Gasteiger partial charge < -0.3 is 5.73 Å². The van der Waals surface area contributed by atoms with Crippen molar-refractivity contribution in [2.24, 2.45) is 0 Å². The maximum Gasteiger partial charge on any atom is 0.0464 e. The zero-order chi connectivity index (χ0) is 15.8. The fourth-order valence-electron chi connectivity index (χ4n) is 3.19. The van der Waals surface area contributed by atoms with Crippen LogP contribution in [0.15, 0.2) is 77.7 Å². The number of hydrogen-bond donors (Lipinski definition) is 1. The van der Waals surface area contributed by atoms with E-state index < -0.39 is 0 Å². The summed E-state index contributed by atoms with van der Waals surface area (Å²) in [6.45, 7) is 0. The monoisotopic (exact) mass is 315 g/mol. The van der Waals surface area contributed by atoms with Gasteiger partial charge >= 0.3 is 0 Å². The van der Waals surface area contributed by atoms with Crippen LogP contribution in [0.3, 0.4) is 0 Å². The number of hydrogen-bond acceptors (Lipinski definition) is 2. The van der Waals surface area contributed by atoms with Crippen LogP contribution in [0.25, 0.3) is 32.7 Å². The number of thioether (sulfide) groups is 1. The van der Waals surface area contributed by atoms with Gasteiger partial charge in [-0.05, 0) is 51.1 Å². The largest absolute Gasteiger partial charge is 0.398 e. The van der Waals surface area contributed by atoms with Crippen molar-refractivity contribution in [3.05, 3.63) is 72.8 Å². The number of fused-ring (bicyclic) bond motifs is 2. The smallest absolute Gasteiger partial charge is 0.0464 e. The van der Waals surface area contributed by atoms with Gasteiger partial charge in [0.25, 0.3) is 0 Å². The summed E-state index contributed by atoms with van der Waals surface area (Å²) in [7, 11) is 0. The van der Waals surface area contributed by atoms with E-state index in [9.17, 15) is 0 Å². The fraction of sp³-hybridized carbons (Fsp3) is 0.0476. The highest BCUT2D eigenvalue weighted by Crippen LogP contribution is 2.39.